The molecule has 0 fully saturated rings. The van der Waals surface area contributed by atoms with Crippen LogP contribution in [0.3, 0.4) is 0 Å². The standard InChI is InChI=1S/C12H21NO2/c1-12(2,3)13-7-5-8-14-10-11-6-4-9-15-11/h4,6,9,13H,5,7-8,10H2,1-3H3. The third-order valence-electron chi connectivity index (χ3n) is 1.95. The van der Waals surface area contributed by atoms with Crippen LogP contribution in [0.5, 0.6) is 0 Å². The summed E-state index contributed by atoms with van der Waals surface area (Å²) in [5, 5.41) is 3.41. The van der Waals surface area contributed by atoms with Gasteiger partial charge in [-0.15, -0.1) is 0 Å². The zero-order valence-corrected chi connectivity index (χ0v) is 9.88. The predicted molar refractivity (Wildman–Crippen MR) is 60.7 cm³/mol. The van der Waals surface area contributed by atoms with E-state index in [9.17, 15) is 0 Å². The molecule has 0 aromatic carbocycles. The average molecular weight is 211 g/mol. The van der Waals surface area contributed by atoms with Crippen molar-refractivity contribution in [2.24, 2.45) is 0 Å². The second-order valence-electron chi connectivity index (χ2n) is 4.66. The smallest absolute Gasteiger partial charge is 0.129 e. The molecule has 15 heavy (non-hydrogen) atoms. The number of nitrogens with one attached hydrogen (secondary N) is 1. The highest BCUT2D eigenvalue weighted by Gasteiger charge is 2.06. The summed E-state index contributed by atoms with van der Waals surface area (Å²) < 4.78 is 10.6. The van der Waals surface area contributed by atoms with Crippen LogP contribution in [-0.2, 0) is 11.3 Å². The molecule has 0 amide bonds. The van der Waals surface area contributed by atoms with Crippen molar-refractivity contribution in [3.63, 3.8) is 0 Å². The Kier molecular flexibility index (Phi) is 4.85. The first-order valence-corrected chi connectivity index (χ1v) is 5.43. The number of hydrogen-bond acceptors (Lipinski definition) is 3. The largest absolute Gasteiger partial charge is 0.467 e. The van der Waals surface area contributed by atoms with Gasteiger partial charge in [-0.1, -0.05) is 0 Å². The molecule has 0 atom stereocenters. The van der Waals surface area contributed by atoms with E-state index < -0.39 is 0 Å². The van der Waals surface area contributed by atoms with Crippen LogP contribution >= 0.6 is 0 Å². The van der Waals surface area contributed by atoms with Crippen LogP contribution in [0.25, 0.3) is 0 Å². The second-order valence-corrected chi connectivity index (χ2v) is 4.66. The molecular weight excluding hydrogens is 190 g/mol. The molecule has 0 saturated carbocycles. The van der Waals surface area contributed by atoms with Crippen LogP contribution in [0.4, 0.5) is 0 Å². The molecule has 0 saturated heterocycles. The summed E-state index contributed by atoms with van der Waals surface area (Å²) in [7, 11) is 0. The van der Waals surface area contributed by atoms with Crippen LogP contribution in [0.15, 0.2) is 22.8 Å². The Bertz CT molecular complexity index is 249. The van der Waals surface area contributed by atoms with Crippen LogP contribution in [-0.4, -0.2) is 18.7 Å². The fraction of sp³-hybridized carbons (Fsp3) is 0.667. The lowest BCUT2D eigenvalue weighted by molar-refractivity contribution is 0.103. The molecule has 0 aliphatic carbocycles. The molecule has 1 aromatic heterocycles. The van der Waals surface area contributed by atoms with Crippen LogP contribution in [0.2, 0.25) is 0 Å². The van der Waals surface area contributed by atoms with Crippen molar-refractivity contribution in [2.45, 2.75) is 39.3 Å². The summed E-state index contributed by atoms with van der Waals surface area (Å²) in [4.78, 5) is 0. The average Bonchev–Trinajstić information content (AvgIpc) is 2.61. The number of ether oxygens (including phenoxy) is 1. The molecule has 0 bridgehead atoms. The molecule has 1 aromatic rings. The molecule has 0 spiro atoms. The van der Waals surface area contributed by atoms with Gasteiger partial charge in [-0.05, 0) is 45.9 Å². The highest BCUT2D eigenvalue weighted by molar-refractivity contribution is 4.95. The fourth-order valence-corrected chi connectivity index (χ4v) is 1.21. The van der Waals surface area contributed by atoms with Crippen molar-refractivity contribution >= 4 is 0 Å². The van der Waals surface area contributed by atoms with Gasteiger partial charge in [0.05, 0.1) is 6.26 Å². The maximum absolute atomic E-state index is 5.46. The van der Waals surface area contributed by atoms with E-state index in [0.717, 1.165) is 25.3 Å². The third-order valence-corrected chi connectivity index (χ3v) is 1.95. The first-order valence-electron chi connectivity index (χ1n) is 5.43. The molecule has 0 aliphatic heterocycles. The second kappa shape index (κ2) is 5.93. The third kappa shape index (κ3) is 6.31. The maximum Gasteiger partial charge on any atom is 0.129 e. The number of rotatable bonds is 6. The van der Waals surface area contributed by atoms with Gasteiger partial charge in [-0.2, -0.15) is 0 Å². The van der Waals surface area contributed by atoms with Crippen LogP contribution < -0.4 is 5.32 Å². The molecule has 3 nitrogen and oxygen atoms in total. The van der Waals surface area contributed by atoms with E-state index in [4.69, 9.17) is 9.15 Å². The first kappa shape index (κ1) is 12.3. The topological polar surface area (TPSA) is 34.4 Å². The van der Waals surface area contributed by atoms with E-state index in [2.05, 4.69) is 26.1 Å². The van der Waals surface area contributed by atoms with Crippen molar-refractivity contribution in [3.05, 3.63) is 24.2 Å². The minimum absolute atomic E-state index is 0.195. The molecule has 86 valence electrons. The van der Waals surface area contributed by atoms with Gasteiger partial charge in [0.25, 0.3) is 0 Å². The summed E-state index contributed by atoms with van der Waals surface area (Å²) in [6, 6.07) is 3.80. The lowest BCUT2D eigenvalue weighted by Crippen LogP contribution is -2.36. The summed E-state index contributed by atoms with van der Waals surface area (Å²) in [5.41, 5.74) is 0.195. The van der Waals surface area contributed by atoms with E-state index in [-0.39, 0.29) is 5.54 Å². The molecule has 0 radical (unpaired) electrons. The molecule has 1 heterocycles. The molecule has 0 aliphatic rings. The molecule has 1 rings (SSSR count). The monoisotopic (exact) mass is 211 g/mol. The fourth-order valence-electron chi connectivity index (χ4n) is 1.21. The summed E-state index contributed by atoms with van der Waals surface area (Å²) in [6.45, 7) is 8.82. The van der Waals surface area contributed by atoms with Gasteiger partial charge >= 0.3 is 0 Å². The Hall–Kier alpha value is -0.800. The first-order chi connectivity index (χ1) is 7.08. The van der Waals surface area contributed by atoms with E-state index in [1.807, 2.05) is 12.1 Å². The van der Waals surface area contributed by atoms with E-state index in [0.29, 0.717) is 6.61 Å². The highest BCUT2D eigenvalue weighted by Crippen LogP contribution is 2.02. The lowest BCUT2D eigenvalue weighted by Gasteiger charge is -2.20. The summed E-state index contributed by atoms with van der Waals surface area (Å²) >= 11 is 0. The van der Waals surface area contributed by atoms with Gasteiger partial charge < -0.3 is 14.5 Å². The minimum atomic E-state index is 0.195. The zero-order chi connectivity index (χ0) is 11.1. The van der Waals surface area contributed by atoms with Crippen molar-refractivity contribution in [1.29, 1.82) is 0 Å². The molecular formula is C12H21NO2. The Morgan fingerprint density at radius 3 is 2.80 bits per heavy atom. The summed E-state index contributed by atoms with van der Waals surface area (Å²) in [6.07, 6.45) is 2.69. The van der Waals surface area contributed by atoms with E-state index >= 15 is 0 Å². The van der Waals surface area contributed by atoms with Gasteiger partial charge in [-0.3, -0.25) is 0 Å². The number of furan rings is 1. The Morgan fingerprint density at radius 1 is 1.40 bits per heavy atom. The maximum atomic E-state index is 5.46. The Labute approximate surface area is 91.8 Å². The molecule has 1 N–H and O–H groups in total. The van der Waals surface area contributed by atoms with Crippen LogP contribution in [0.1, 0.15) is 33.0 Å². The van der Waals surface area contributed by atoms with Gasteiger partial charge in [0.2, 0.25) is 0 Å². The Morgan fingerprint density at radius 2 is 2.20 bits per heavy atom. The van der Waals surface area contributed by atoms with Gasteiger partial charge in [0, 0.05) is 12.1 Å². The van der Waals surface area contributed by atoms with Crippen molar-refractivity contribution in [2.75, 3.05) is 13.2 Å². The van der Waals surface area contributed by atoms with E-state index in [1.54, 1.807) is 6.26 Å². The highest BCUT2D eigenvalue weighted by atomic mass is 16.5. The summed E-state index contributed by atoms with van der Waals surface area (Å²) in [5.74, 6) is 0.888. The Balaban J connectivity index is 1.94. The van der Waals surface area contributed by atoms with Crippen LogP contribution in [0, 0.1) is 0 Å². The molecule has 3 heteroatoms. The predicted octanol–water partition coefficient (Wildman–Crippen LogP) is 2.57. The van der Waals surface area contributed by atoms with Crippen molar-refractivity contribution < 1.29 is 9.15 Å². The van der Waals surface area contributed by atoms with Crippen molar-refractivity contribution in [1.82, 2.24) is 5.32 Å². The lowest BCUT2D eigenvalue weighted by atomic mass is 10.1. The van der Waals surface area contributed by atoms with Crippen molar-refractivity contribution in [3.8, 4) is 0 Å². The number of hydrogen-bond donors (Lipinski definition) is 1. The molecule has 0 unspecified atom stereocenters. The minimum Gasteiger partial charge on any atom is -0.467 e. The zero-order valence-electron chi connectivity index (χ0n) is 9.88. The van der Waals surface area contributed by atoms with Gasteiger partial charge in [0.1, 0.15) is 12.4 Å². The van der Waals surface area contributed by atoms with E-state index in [1.165, 1.54) is 0 Å². The van der Waals surface area contributed by atoms with Gasteiger partial charge in [-0.25, -0.2) is 0 Å². The normalized spacial score (nSPS) is 11.9. The quantitative estimate of drug-likeness (QED) is 0.734. The van der Waals surface area contributed by atoms with Gasteiger partial charge in [0.15, 0.2) is 0 Å². The SMILES string of the molecule is CC(C)(C)NCCCOCc1ccco1.